The van der Waals surface area contributed by atoms with E-state index in [1.807, 2.05) is 25.1 Å². The molecule has 0 aliphatic heterocycles. The summed E-state index contributed by atoms with van der Waals surface area (Å²) in [5, 5.41) is 9.33. The Bertz CT molecular complexity index is 730. The van der Waals surface area contributed by atoms with Gasteiger partial charge in [0, 0.05) is 28.5 Å². The maximum absolute atomic E-state index is 12.0. The SMILES string of the molecule is CCC(=O)Nc1cccc(NCC(=O)Nc2ccc(Cl)cc2)c1C. The number of hydrogen-bond donors (Lipinski definition) is 3. The van der Waals surface area contributed by atoms with Crippen LogP contribution in [0.15, 0.2) is 42.5 Å². The molecule has 0 atom stereocenters. The molecule has 2 aromatic rings. The van der Waals surface area contributed by atoms with Gasteiger partial charge in [0.15, 0.2) is 0 Å². The van der Waals surface area contributed by atoms with Crippen LogP contribution in [0.25, 0.3) is 0 Å². The average molecular weight is 346 g/mol. The van der Waals surface area contributed by atoms with Crippen LogP contribution in [0.1, 0.15) is 18.9 Å². The molecular formula is C18H20ClN3O2. The minimum absolute atomic E-state index is 0.0456. The second-order valence-electron chi connectivity index (χ2n) is 5.29. The minimum Gasteiger partial charge on any atom is -0.376 e. The minimum atomic E-state index is -0.167. The van der Waals surface area contributed by atoms with Crippen LogP contribution in [0, 0.1) is 6.92 Å². The van der Waals surface area contributed by atoms with Crippen molar-refractivity contribution in [1.29, 1.82) is 0 Å². The van der Waals surface area contributed by atoms with Gasteiger partial charge in [-0.2, -0.15) is 0 Å². The van der Waals surface area contributed by atoms with Crippen molar-refractivity contribution in [1.82, 2.24) is 0 Å². The molecule has 2 aromatic carbocycles. The molecule has 0 heterocycles. The Balaban J connectivity index is 1.96. The third-order valence-corrected chi connectivity index (χ3v) is 3.75. The topological polar surface area (TPSA) is 70.2 Å². The molecule has 0 aliphatic carbocycles. The molecule has 2 amide bonds. The number of rotatable bonds is 6. The van der Waals surface area contributed by atoms with Crippen LogP contribution in [0.5, 0.6) is 0 Å². The van der Waals surface area contributed by atoms with E-state index >= 15 is 0 Å². The monoisotopic (exact) mass is 345 g/mol. The van der Waals surface area contributed by atoms with Gasteiger partial charge in [-0.05, 0) is 48.9 Å². The number of anilines is 3. The van der Waals surface area contributed by atoms with Crippen molar-refractivity contribution < 1.29 is 9.59 Å². The van der Waals surface area contributed by atoms with Crippen LogP contribution < -0.4 is 16.0 Å². The van der Waals surface area contributed by atoms with Gasteiger partial charge >= 0.3 is 0 Å². The molecular weight excluding hydrogens is 326 g/mol. The Kier molecular flexibility index (Phi) is 6.21. The number of amides is 2. The van der Waals surface area contributed by atoms with Crippen molar-refractivity contribution in [2.24, 2.45) is 0 Å². The zero-order chi connectivity index (χ0) is 17.5. The summed E-state index contributed by atoms with van der Waals surface area (Å²) in [6.07, 6.45) is 0.417. The maximum atomic E-state index is 12.0. The fourth-order valence-electron chi connectivity index (χ4n) is 2.12. The molecule has 6 heteroatoms. The summed E-state index contributed by atoms with van der Waals surface area (Å²) in [6, 6.07) is 12.5. The fraction of sp³-hybridized carbons (Fsp3) is 0.222. The first kappa shape index (κ1) is 17.8. The van der Waals surface area contributed by atoms with Gasteiger partial charge in [0.25, 0.3) is 0 Å². The average Bonchev–Trinajstić information content (AvgIpc) is 2.57. The summed E-state index contributed by atoms with van der Waals surface area (Å²) < 4.78 is 0. The Morgan fingerprint density at radius 2 is 1.62 bits per heavy atom. The van der Waals surface area contributed by atoms with E-state index in [1.54, 1.807) is 31.2 Å². The van der Waals surface area contributed by atoms with Gasteiger partial charge in [-0.25, -0.2) is 0 Å². The Labute approximate surface area is 146 Å². The number of carbonyl (C=O) groups is 2. The fourth-order valence-corrected chi connectivity index (χ4v) is 2.24. The standard InChI is InChI=1S/C18H20ClN3O2/c1-3-17(23)22-16-6-4-5-15(12(16)2)20-11-18(24)21-14-9-7-13(19)8-10-14/h4-10,20H,3,11H2,1-2H3,(H,21,24)(H,22,23). The van der Waals surface area contributed by atoms with E-state index in [1.165, 1.54) is 0 Å². The van der Waals surface area contributed by atoms with E-state index in [0.717, 1.165) is 16.9 Å². The molecule has 0 unspecified atom stereocenters. The van der Waals surface area contributed by atoms with E-state index in [0.29, 0.717) is 17.1 Å². The summed E-state index contributed by atoms with van der Waals surface area (Å²) in [7, 11) is 0. The van der Waals surface area contributed by atoms with Crippen LogP contribution in [0.4, 0.5) is 17.1 Å². The van der Waals surface area contributed by atoms with Crippen LogP contribution in [-0.4, -0.2) is 18.4 Å². The molecule has 0 aliphatic rings. The van der Waals surface area contributed by atoms with Crippen molar-refractivity contribution in [2.75, 3.05) is 22.5 Å². The van der Waals surface area contributed by atoms with Gasteiger partial charge in [-0.3, -0.25) is 9.59 Å². The molecule has 24 heavy (non-hydrogen) atoms. The molecule has 0 spiro atoms. The zero-order valence-electron chi connectivity index (χ0n) is 13.7. The van der Waals surface area contributed by atoms with E-state index in [-0.39, 0.29) is 18.4 Å². The first-order valence-corrected chi connectivity index (χ1v) is 8.06. The molecule has 3 N–H and O–H groups in total. The number of carbonyl (C=O) groups excluding carboxylic acids is 2. The summed E-state index contributed by atoms with van der Waals surface area (Å²) in [5.74, 6) is -0.213. The van der Waals surface area contributed by atoms with Crippen molar-refractivity contribution in [3.05, 3.63) is 53.1 Å². The lowest BCUT2D eigenvalue weighted by molar-refractivity contribution is -0.116. The van der Waals surface area contributed by atoms with Gasteiger partial charge in [0.2, 0.25) is 11.8 Å². The molecule has 5 nitrogen and oxygen atoms in total. The molecule has 126 valence electrons. The van der Waals surface area contributed by atoms with E-state index in [2.05, 4.69) is 16.0 Å². The predicted octanol–water partition coefficient (Wildman–Crippen LogP) is 4.05. The molecule has 0 aromatic heterocycles. The molecule has 0 radical (unpaired) electrons. The van der Waals surface area contributed by atoms with Crippen LogP contribution in [0.3, 0.4) is 0 Å². The number of nitrogens with one attached hydrogen (secondary N) is 3. The van der Waals surface area contributed by atoms with Gasteiger partial charge in [-0.15, -0.1) is 0 Å². The Morgan fingerprint density at radius 1 is 0.958 bits per heavy atom. The Hall–Kier alpha value is -2.53. The molecule has 0 saturated heterocycles. The lowest BCUT2D eigenvalue weighted by Crippen LogP contribution is -2.22. The summed E-state index contributed by atoms with van der Waals surface area (Å²) in [5.41, 5.74) is 3.12. The first-order chi connectivity index (χ1) is 11.5. The largest absolute Gasteiger partial charge is 0.376 e. The summed E-state index contributed by atoms with van der Waals surface area (Å²) in [6.45, 7) is 3.81. The third-order valence-electron chi connectivity index (χ3n) is 3.50. The highest BCUT2D eigenvalue weighted by Crippen LogP contribution is 2.23. The highest BCUT2D eigenvalue weighted by atomic mass is 35.5. The number of benzene rings is 2. The van der Waals surface area contributed by atoms with E-state index in [9.17, 15) is 9.59 Å². The van der Waals surface area contributed by atoms with Crippen molar-refractivity contribution in [2.45, 2.75) is 20.3 Å². The number of halogens is 1. The van der Waals surface area contributed by atoms with Gasteiger partial charge in [0.05, 0.1) is 6.54 Å². The van der Waals surface area contributed by atoms with Crippen LogP contribution in [-0.2, 0) is 9.59 Å². The van der Waals surface area contributed by atoms with Gasteiger partial charge in [-0.1, -0.05) is 24.6 Å². The molecule has 0 bridgehead atoms. The number of hydrogen-bond acceptors (Lipinski definition) is 3. The van der Waals surface area contributed by atoms with Crippen molar-refractivity contribution in [3.8, 4) is 0 Å². The Morgan fingerprint density at radius 3 is 2.29 bits per heavy atom. The smallest absolute Gasteiger partial charge is 0.243 e. The normalized spacial score (nSPS) is 10.1. The molecule has 0 fully saturated rings. The van der Waals surface area contributed by atoms with E-state index in [4.69, 9.17) is 11.6 Å². The maximum Gasteiger partial charge on any atom is 0.243 e. The summed E-state index contributed by atoms with van der Waals surface area (Å²) in [4.78, 5) is 23.5. The second kappa shape index (κ2) is 8.36. The summed E-state index contributed by atoms with van der Waals surface area (Å²) >= 11 is 5.81. The lowest BCUT2D eigenvalue weighted by Gasteiger charge is -2.14. The molecule has 2 rings (SSSR count). The predicted molar refractivity (Wildman–Crippen MR) is 98.7 cm³/mol. The highest BCUT2D eigenvalue weighted by molar-refractivity contribution is 6.30. The highest BCUT2D eigenvalue weighted by Gasteiger charge is 2.08. The zero-order valence-corrected chi connectivity index (χ0v) is 14.4. The lowest BCUT2D eigenvalue weighted by atomic mass is 10.1. The van der Waals surface area contributed by atoms with Crippen LogP contribution in [0.2, 0.25) is 5.02 Å². The van der Waals surface area contributed by atoms with Crippen LogP contribution >= 0.6 is 11.6 Å². The first-order valence-electron chi connectivity index (χ1n) is 7.68. The van der Waals surface area contributed by atoms with E-state index < -0.39 is 0 Å². The quantitative estimate of drug-likeness (QED) is 0.739. The molecule has 0 saturated carbocycles. The third kappa shape index (κ3) is 4.99. The van der Waals surface area contributed by atoms with Crippen molar-refractivity contribution >= 4 is 40.5 Å². The van der Waals surface area contributed by atoms with Gasteiger partial charge in [0.1, 0.15) is 0 Å². The second-order valence-corrected chi connectivity index (χ2v) is 5.72. The van der Waals surface area contributed by atoms with Gasteiger partial charge < -0.3 is 16.0 Å². The van der Waals surface area contributed by atoms with Crippen molar-refractivity contribution in [3.63, 3.8) is 0 Å².